The smallest absolute Gasteiger partial charge is 0.168 e. The van der Waals surface area contributed by atoms with Crippen molar-refractivity contribution >= 4 is 23.4 Å². The lowest BCUT2D eigenvalue weighted by Crippen LogP contribution is -2.41. The van der Waals surface area contributed by atoms with Crippen molar-refractivity contribution in [2.24, 2.45) is 0 Å². The van der Waals surface area contributed by atoms with Crippen molar-refractivity contribution in [1.82, 2.24) is 4.98 Å². The zero-order valence-electron chi connectivity index (χ0n) is 11.2. The van der Waals surface area contributed by atoms with E-state index in [1.165, 1.54) is 0 Å². The summed E-state index contributed by atoms with van der Waals surface area (Å²) in [5.41, 5.74) is 0. The molecule has 19 heavy (non-hydrogen) atoms. The van der Waals surface area contributed by atoms with Gasteiger partial charge in [-0.05, 0) is 13.3 Å². The van der Waals surface area contributed by atoms with Crippen LogP contribution in [-0.4, -0.2) is 35.6 Å². The topological polar surface area (TPSA) is 28.2 Å². The van der Waals surface area contributed by atoms with E-state index in [-0.39, 0.29) is 17.7 Å². The highest BCUT2D eigenvalue weighted by Gasteiger charge is 2.24. The molecule has 0 radical (unpaired) electrons. The first kappa shape index (κ1) is 14.4. The van der Waals surface area contributed by atoms with Crippen LogP contribution in [0.1, 0.15) is 20.3 Å². The first-order valence-electron chi connectivity index (χ1n) is 6.57. The Labute approximate surface area is 116 Å². The van der Waals surface area contributed by atoms with E-state index in [4.69, 9.17) is 0 Å². The van der Waals surface area contributed by atoms with Crippen LogP contribution in [0.25, 0.3) is 0 Å². The van der Waals surface area contributed by atoms with E-state index in [0.717, 1.165) is 30.5 Å². The first-order valence-corrected chi connectivity index (χ1v) is 7.73. The van der Waals surface area contributed by atoms with Crippen molar-refractivity contribution in [2.75, 3.05) is 34.8 Å². The molecule has 0 spiro atoms. The van der Waals surface area contributed by atoms with Crippen molar-refractivity contribution in [1.29, 1.82) is 0 Å². The zero-order chi connectivity index (χ0) is 13.8. The fourth-order valence-corrected chi connectivity index (χ4v) is 3.08. The molecule has 1 saturated heterocycles. The molecule has 1 atom stereocenters. The van der Waals surface area contributed by atoms with Gasteiger partial charge >= 0.3 is 0 Å². The fraction of sp³-hybridized carbons (Fsp3) is 0.615. The van der Waals surface area contributed by atoms with E-state index in [1.54, 1.807) is 0 Å². The molecule has 3 nitrogen and oxygen atoms in total. The van der Waals surface area contributed by atoms with E-state index in [1.807, 2.05) is 30.5 Å². The molecule has 0 bridgehead atoms. The summed E-state index contributed by atoms with van der Waals surface area (Å²) in [6, 6.07) is 1.14. The van der Waals surface area contributed by atoms with Crippen molar-refractivity contribution in [3.63, 3.8) is 0 Å². The second kappa shape index (κ2) is 6.41. The molecule has 106 valence electrons. The van der Waals surface area contributed by atoms with Gasteiger partial charge in [-0.1, -0.05) is 6.92 Å². The van der Waals surface area contributed by atoms with Crippen LogP contribution in [0.15, 0.2) is 6.07 Å². The average molecular weight is 287 g/mol. The number of anilines is 2. The highest BCUT2D eigenvalue weighted by atomic mass is 32.2. The second-order valence-electron chi connectivity index (χ2n) is 4.67. The lowest BCUT2D eigenvalue weighted by molar-refractivity contribution is 0.561. The molecule has 0 saturated carbocycles. The summed E-state index contributed by atoms with van der Waals surface area (Å²) < 4.78 is 27.6. The van der Waals surface area contributed by atoms with Gasteiger partial charge in [0.15, 0.2) is 23.3 Å². The van der Waals surface area contributed by atoms with Gasteiger partial charge in [-0.3, -0.25) is 0 Å². The van der Waals surface area contributed by atoms with Crippen LogP contribution in [0, 0.1) is 11.6 Å². The molecular formula is C13H19F2N3S. The Kier molecular flexibility index (Phi) is 4.85. The minimum absolute atomic E-state index is 0.142. The molecule has 2 heterocycles. The summed E-state index contributed by atoms with van der Waals surface area (Å²) in [7, 11) is 0. The number of pyridine rings is 1. The van der Waals surface area contributed by atoms with Gasteiger partial charge in [0.1, 0.15) is 0 Å². The second-order valence-corrected chi connectivity index (χ2v) is 5.82. The summed E-state index contributed by atoms with van der Waals surface area (Å²) in [5.74, 6) is 1.07. The van der Waals surface area contributed by atoms with Crippen LogP contribution in [0.5, 0.6) is 0 Å². The van der Waals surface area contributed by atoms with Gasteiger partial charge in [0.2, 0.25) is 0 Å². The highest BCUT2D eigenvalue weighted by Crippen LogP contribution is 2.27. The number of halogens is 2. The summed E-state index contributed by atoms with van der Waals surface area (Å²) in [4.78, 5) is 6.06. The van der Waals surface area contributed by atoms with E-state index < -0.39 is 11.6 Å². The normalized spacial score (nSPS) is 19.6. The monoisotopic (exact) mass is 287 g/mol. The zero-order valence-corrected chi connectivity index (χ0v) is 12.1. The molecule has 0 aromatic carbocycles. The Balaban J connectivity index is 2.28. The molecule has 1 fully saturated rings. The van der Waals surface area contributed by atoms with Gasteiger partial charge in [0, 0.05) is 36.7 Å². The van der Waals surface area contributed by atoms with Gasteiger partial charge in [-0.15, -0.1) is 0 Å². The average Bonchev–Trinajstić information content (AvgIpc) is 2.39. The van der Waals surface area contributed by atoms with Crippen LogP contribution in [0.2, 0.25) is 0 Å². The predicted molar refractivity (Wildman–Crippen MR) is 77.1 cm³/mol. The molecule has 2 rings (SSSR count). The number of hydrogen-bond donors (Lipinski definition) is 1. The largest absolute Gasteiger partial charge is 0.368 e. The fourth-order valence-electron chi connectivity index (χ4n) is 2.07. The molecule has 1 N–H and O–H groups in total. The predicted octanol–water partition coefficient (Wildman–Crippen LogP) is 3.12. The molecule has 1 unspecified atom stereocenters. The van der Waals surface area contributed by atoms with Crippen molar-refractivity contribution < 1.29 is 8.78 Å². The van der Waals surface area contributed by atoms with E-state index in [0.29, 0.717) is 6.54 Å². The summed E-state index contributed by atoms with van der Waals surface area (Å²) >= 11 is 1.85. The van der Waals surface area contributed by atoms with Crippen LogP contribution >= 0.6 is 11.8 Å². The summed E-state index contributed by atoms with van der Waals surface area (Å²) in [6.45, 7) is 5.39. The molecule has 0 aliphatic carbocycles. The quantitative estimate of drug-likeness (QED) is 0.921. The third-order valence-electron chi connectivity index (χ3n) is 3.09. The Morgan fingerprint density at radius 3 is 2.95 bits per heavy atom. The number of nitrogens with zero attached hydrogens (tertiary/aromatic N) is 2. The molecule has 1 aliphatic heterocycles. The summed E-state index contributed by atoms with van der Waals surface area (Å²) in [6.07, 6.45) is 0.866. The van der Waals surface area contributed by atoms with Gasteiger partial charge in [-0.25, -0.2) is 13.8 Å². The third kappa shape index (κ3) is 3.29. The minimum atomic E-state index is -0.631. The Morgan fingerprint density at radius 2 is 2.26 bits per heavy atom. The molecular weight excluding hydrogens is 268 g/mol. The first-order chi connectivity index (χ1) is 9.13. The van der Waals surface area contributed by atoms with Gasteiger partial charge < -0.3 is 10.2 Å². The lowest BCUT2D eigenvalue weighted by atomic mass is 10.3. The van der Waals surface area contributed by atoms with Crippen molar-refractivity contribution in [2.45, 2.75) is 26.3 Å². The van der Waals surface area contributed by atoms with Crippen molar-refractivity contribution in [3.05, 3.63) is 17.7 Å². The Hall–Kier alpha value is -1.04. The maximum absolute atomic E-state index is 13.9. The molecule has 6 heteroatoms. The number of hydrogen-bond acceptors (Lipinski definition) is 4. The maximum Gasteiger partial charge on any atom is 0.168 e. The Bertz CT molecular complexity index is 442. The van der Waals surface area contributed by atoms with Crippen LogP contribution in [0.3, 0.4) is 0 Å². The van der Waals surface area contributed by atoms with E-state index in [2.05, 4.69) is 10.3 Å². The van der Waals surface area contributed by atoms with Gasteiger partial charge in [0.25, 0.3) is 0 Å². The van der Waals surface area contributed by atoms with Gasteiger partial charge in [-0.2, -0.15) is 11.8 Å². The van der Waals surface area contributed by atoms with Crippen molar-refractivity contribution in [3.8, 4) is 0 Å². The van der Waals surface area contributed by atoms with Crippen LogP contribution in [0.4, 0.5) is 20.4 Å². The molecule has 1 aliphatic rings. The molecule has 1 aromatic rings. The number of thioether (sulfide) groups is 1. The Morgan fingerprint density at radius 1 is 1.47 bits per heavy atom. The highest BCUT2D eigenvalue weighted by molar-refractivity contribution is 7.99. The number of nitrogens with one attached hydrogen (secondary N) is 1. The molecule has 1 aromatic heterocycles. The SMILES string of the molecule is CCCNc1nc(N2CCSCC2C)c(F)cc1F. The molecule has 0 amide bonds. The van der Waals surface area contributed by atoms with E-state index >= 15 is 0 Å². The minimum Gasteiger partial charge on any atom is -0.368 e. The third-order valence-corrected chi connectivity index (χ3v) is 4.28. The van der Waals surface area contributed by atoms with Crippen LogP contribution in [-0.2, 0) is 0 Å². The number of aromatic nitrogens is 1. The van der Waals surface area contributed by atoms with E-state index in [9.17, 15) is 8.78 Å². The summed E-state index contributed by atoms with van der Waals surface area (Å²) in [5, 5.41) is 2.90. The standard InChI is InChI=1S/C13H19F2N3S/c1-3-4-16-12-10(14)7-11(15)13(17-12)18-5-6-19-8-9(18)2/h7,9H,3-6,8H2,1-2H3,(H,16,17). The van der Waals surface area contributed by atoms with Crippen LogP contribution < -0.4 is 10.2 Å². The number of rotatable bonds is 4. The van der Waals surface area contributed by atoms with Gasteiger partial charge in [0.05, 0.1) is 0 Å². The maximum atomic E-state index is 13.9. The lowest BCUT2D eigenvalue weighted by Gasteiger charge is -2.34.